The van der Waals surface area contributed by atoms with E-state index in [0.29, 0.717) is 6.42 Å². The second kappa shape index (κ2) is 6.83. The molecule has 1 rings (SSSR count). The van der Waals surface area contributed by atoms with Gasteiger partial charge >= 0.3 is 5.97 Å². The minimum absolute atomic E-state index is 0.111. The topological polar surface area (TPSA) is 26.3 Å². The fourth-order valence-electron chi connectivity index (χ4n) is 1.50. The van der Waals surface area contributed by atoms with Gasteiger partial charge in [0.25, 0.3) is 0 Å². The van der Waals surface area contributed by atoms with Crippen LogP contribution in [-0.2, 0) is 15.3 Å². The highest BCUT2D eigenvalue weighted by Crippen LogP contribution is 2.17. The largest absolute Gasteiger partial charge is 0.460 e. The van der Waals surface area contributed by atoms with E-state index < -0.39 is 0 Å². The van der Waals surface area contributed by atoms with Crippen molar-refractivity contribution in [2.24, 2.45) is 0 Å². The Morgan fingerprint density at radius 1 is 1.28 bits per heavy atom. The van der Waals surface area contributed by atoms with Crippen LogP contribution in [0.2, 0.25) is 0 Å². The maximum absolute atomic E-state index is 11.5. The van der Waals surface area contributed by atoms with E-state index in [1.165, 1.54) is 11.1 Å². The molecule has 0 fully saturated rings. The Hall–Kier alpha value is -0.960. The number of carbonyl (C=O) groups excluding carboxylic acids is 1. The third-order valence-electron chi connectivity index (χ3n) is 2.39. The molecule has 0 saturated heterocycles. The van der Waals surface area contributed by atoms with Gasteiger partial charge in [-0.25, -0.2) is 0 Å². The summed E-state index contributed by atoms with van der Waals surface area (Å²) in [6, 6.07) is 8.35. The van der Waals surface area contributed by atoms with Gasteiger partial charge in [-0.1, -0.05) is 24.3 Å². The van der Waals surface area contributed by atoms with E-state index in [1.54, 1.807) is 11.8 Å². The molecule has 2 nitrogen and oxygen atoms in total. The van der Waals surface area contributed by atoms with E-state index in [2.05, 4.69) is 25.1 Å². The maximum atomic E-state index is 11.5. The Kier molecular flexibility index (Phi) is 5.73. The van der Waals surface area contributed by atoms with Gasteiger partial charge in [0, 0.05) is 11.5 Å². The van der Waals surface area contributed by atoms with Crippen molar-refractivity contribution in [3.05, 3.63) is 35.4 Å². The number of thioether (sulfide) groups is 1. The molecule has 0 bridgehead atoms. The van der Waals surface area contributed by atoms with Crippen molar-refractivity contribution in [1.82, 2.24) is 0 Å². The molecule has 0 amide bonds. The van der Waals surface area contributed by atoms with Crippen LogP contribution in [0.3, 0.4) is 0 Å². The van der Waals surface area contributed by atoms with Gasteiger partial charge in [0.15, 0.2) is 0 Å². The van der Waals surface area contributed by atoms with Crippen LogP contribution in [0.25, 0.3) is 0 Å². The van der Waals surface area contributed by atoms with Crippen molar-refractivity contribution in [3.8, 4) is 0 Å². The highest BCUT2D eigenvalue weighted by Gasteiger charge is 2.15. The zero-order valence-electron chi connectivity index (χ0n) is 11.7. The highest BCUT2D eigenvalue weighted by atomic mass is 32.2. The average Bonchev–Trinajstić information content (AvgIpc) is 2.24. The summed E-state index contributed by atoms with van der Waals surface area (Å²) in [5.74, 6) is 1.65. The second-order valence-corrected chi connectivity index (χ2v) is 6.42. The molecule has 18 heavy (non-hydrogen) atoms. The van der Waals surface area contributed by atoms with Crippen LogP contribution in [0.4, 0.5) is 0 Å². The third kappa shape index (κ3) is 6.10. The minimum atomic E-state index is -0.377. The molecule has 0 atom stereocenters. The molecule has 0 spiro atoms. The molecule has 0 unspecified atom stereocenters. The SMILES string of the molecule is Cc1ccccc1CSCCC(=O)OC(C)(C)C. The first kappa shape index (κ1) is 15.1. The summed E-state index contributed by atoms with van der Waals surface area (Å²) in [4.78, 5) is 11.5. The predicted molar refractivity (Wildman–Crippen MR) is 77.8 cm³/mol. The maximum Gasteiger partial charge on any atom is 0.307 e. The molecule has 3 heteroatoms. The van der Waals surface area contributed by atoms with E-state index in [4.69, 9.17) is 4.74 Å². The van der Waals surface area contributed by atoms with Gasteiger partial charge < -0.3 is 4.74 Å². The lowest BCUT2D eigenvalue weighted by Crippen LogP contribution is -2.24. The number of hydrogen-bond acceptors (Lipinski definition) is 3. The molecule has 0 heterocycles. The minimum Gasteiger partial charge on any atom is -0.460 e. The zero-order valence-corrected chi connectivity index (χ0v) is 12.5. The number of carbonyl (C=O) groups is 1. The standard InChI is InChI=1S/C15H22O2S/c1-12-7-5-6-8-13(12)11-18-10-9-14(16)17-15(2,3)4/h5-8H,9-11H2,1-4H3. The Labute approximate surface area is 114 Å². The number of aryl methyl sites for hydroxylation is 1. The summed E-state index contributed by atoms with van der Waals surface area (Å²) in [7, 11) is 0. The molecule has 1 aromatic rings. The van der Waals surface area contributed by atoms with E-state index >= 15 is 0 Å². The van der Waals surface area contributed by atoms with Crippen LogP contribution in [0, 0.1) is 6.92 Å². The van der Waals surface area contributed by atoms with Crippen molar-refractivity contribution in [3.63, 3.8) is 0 Å². The molecule has 0 N–H and O–H groups in total. The monoisotopic (exact) mass is 266 g/mol. The normalized spacial score (nSPS) is 11.3. The fraction of sp³-hybridized carbons (Fsp3) is 0.533. The van der Waals surface area contributed by atoms with Crippen LogP contribution in [-0.4, -0.2) is 17.3 Å². The molecule has 100 valence electrons. The lowest BCUT2D eigenvalue weighted by molar-refractivity contribution is -0.154. The molecule has 1 aromatic carbocycles. The van der Waals surface area contributed by atoms with E-state index in [9.17, 15) is 4.79 Å². The van der Waals surface area contributed by atoms with Crippen molar-refractivity contribution in [2.75, 3.05) is 5.75 Å². The van der Waals surface area contributed by atoms with Gasteiger partial charge in [0.2, 0.25) is 0 Å². The van der Waals surface area contributed by atoms with Crippen molar-refractivity contribution in [1.29, 1.82) is 0 Å². The summed E-state index contributed by atoms with van der Waals surface area (Å²) in [6.07, 6.45) is 0.480. The Bertz CT molecular complexity index is 394. The summed E-state index contributed by atoms with van der Waals surface area (Å²) < 4.78 is 5.26. The lowest BCUT2D eigenvalue weighted by Gasteiger charge is -2.19. The van der Waals surface area contributed by atoms with Crippen molar-refractivity contribution >= 4 is 17.7 Å². The van der Waals surface area contributed by atoms with Crippen molar-refractivity contribution in [2.45, 2.75) is 45.5 Å². The van der Waals surface area contributed by atoms with Crippen LogP contribution in [0.5, 0.6) is 0 Å². The van der Waals surface area contributed by atoms with Crippen LogP contribution >= 0.6 is 11.8 Å². The predicted octanol–water partition coefficient (Wildman–Crippen LogP) is 3.96. The molecule has 0 aliphatic rings. The third-order valence-corrected chi connectivity index (χ3v) is 3.40. The van der Waals surface area contributed by atoms with Crippen LogP contribution < -0.4 is 0 Å². The van der Waals surface area contributed by atoms with E-state index in [1.807, 2.05) is 26.8 Å². The van der Waals surface area contributed by atoms with Gasteiger partial charge in [-0.05, 0) is 38.8 Å². The highest BCUT2D eigenvalue weighted by molar-refractivity contribution is 7.98. The Morgan fingerprint density at radius 3 is 2.56 bits per heavy atom. The van der Waals surface area contributed by atoms with Gasteiger partial charge in [0.05, 0.1) is 6.42 Å². The number of esters is 1. The quantitative estimate of drug-likeness (QED) is 0.596. The van der Waals surface area contributed by atoms with E-state index in [-0.39, 0.29) is 11.6 Å². The molecule has 0 aliphatic carbocycles. The lowest BCUT2D eigenvalue weighted by atomic mass is 10.1. The van der Waals surface area contributed by atoms with Gasteiger partial charge in [0.1, 0.15) is 5.60 Å². The van der Waals surface area contributed by atoms with Gasteiger partial charge in [-0.15, -0.1) is 0 Å². The summed E-state index contributed by atoms with van der Waals surface area (Å²) in [5.41, 5.74) is 2.27. The van der Waals surface area contributed by atoms with Gasteiger partial charge in [-0.2, -0.15) is 11.8 Å². The first-order valence-corrected chi connectivity index (χ1v) is 7.38. The summed E-state index contributed by atoms with van der Waals surface area (Å²) >= 11 is 1.77. The van der Waals surface area contributed by atoms with Crippen LogP contribution in [0.15, 0.2) is 24.3 Å². The molecular formula is C15H22O2S. The first-order valence-electron chi connectivity index (χ1n) is 6.22. The second-order valence-electron chi connectivity index (χ2n) is 5.32. The molecule has 0 radical (unpaired) electrons. The summed E-state index contributed by atoms with van der Waals surface area (Å²) in [5, 5.41) is 0. The molecule has 0 aliphatic heterocycles. The Balaban J connectivity index is 2.23. The smallest absolute Gasteiger partial charge is 0.307 e. The number of hydrogen-bond donors (Lipinski definition) is 0. The number of ether oxygens (including phenoxy) is 1. The van der Waals surface area contributed by atoms with Crippen molar-refractivity contribution < 1.29 is 9.53 Å². The summed E-state index contributed by atoms with van der Waals surface area (Å²) in [6.45, 7) is 7.80. The number of benzene rings is 1. The van der Waals surface area contributed by atoms with E-state index in [0.717, 1.165) is 11.5 Å². The zero-order chi connectivity index (χ0) is 13.6. The molecule has 0 aromatic heterocycles. The Morgan fingerprint density at radius 2 is 1.94 bits per heavy atom. The number of rotatable bonds is 5. The molecule has 0 saturated carbocycles. The van der Waals surface area contributed by atoms with Crippen LogP contribution in [0.1, 0.15) is 38.3 Å². The van der Waals surface area contributed by atoms with Gasteiger partial charge in [-0.3, -0.25) is 4.79 Å². The first-order chi connectivity index (χ1) is 8.38. The fourth-order valence-corrected chi connectivity index (χ4v) is 2.50. The molecular weight excluding hydrogens is 244 g/mol. The average molecular weight is 266 g/mol.